The second-order valence-electron chi connectivity index (χ2n) is 4.91. The van der Waals surface area contributed by atoms with Crippen molar-refractivity contribution in [3.8, 4) is 5.75 Å². The number of nitrogens with one attached hydrogen (secondary N) is 1. The van der Waals surface area contributed by atoms with Gasteiger partial charge in [-0.15, -0.1) is 0 Å². The molecule has 0 bridgehead atoms. The number of sulfone groups is 1. The molecule has 4 nitrogen and oxygen atoms in total. The van der Waals surface area contributed by atoms with Crippen LogP contribution in [0.2, 0.25) is 0 Å². The molecule has 1 atom stereocenters. The molecule has 2 rings (SSSR count). The number of phenols is 1. The molecule has 1 aliphatic heterocycles. The zero-order valence-corrected chi connectivity index (χ0v) is 11.3. The van der Waals surface area contributed by atoms with Gasteiger partial charge >= 0.3 is 0 Å². The first kappa shape index (κ1) is 13.4. The van der Waals surface area contributed by atoms with E-state index in [1.807, 2.05) is 12.1 Å². The Bertz CT molecular complexity index is 481. The maximum atomic E-state index is 11.3. The molecule has 1 fully saturated rings. The van der Waals surface area contributed by atoms with Gasteiger partial charge in [-0.3, -0.25) is 0 Å². The normalized spacial score (nSPS) is 21.6. The second-order valence-corrected chi connectivity index (χ2v) is 7.21. The maximum Gasteiger partial charge on any atom is 0.150 e. The molecule has 0 amide bonds. The number of hydrogen-bond acceptors (Lipinski definition) is 4. The van der Waals surface area contributed by atoms with E-state index in [1.165, 1.54) is 0 Å². The summed E-state index contributed by atoms with van der Waals surface area (Å²) in [6.07, 6.45) is 1.37. The van der Waals surface area contributed by atoms with Crippen molar-refractivity contribution in [2.75, 3.05) is 11.5 Å². The summed E-state index contributed by atoms with van der Waals surface area (Å²) in [5, 5.41) is 12.7. The quantitative estimate of drug-likeness (QED) is 0.875. The van der Waals surface area contributed by atoms with Gasteiger partial charge in [0, 0.05) is 12.1 Å². The van der Waals surface area contributed by atoms with Crippen molar-refractivity contribution in [1.82, 2.24) is 5.32 Å². The van der Waals surface area contributed by atoms with Crippen molar-refractivity contribution >= 4 is 9.84 Å². The van der Waals surface area contributed by atoms with Crippen LogP contribution in [0.4, 0.5) is 0 Å². The monoisotopic (exact) mass is 269 g/mol. The molecule has 1 aromatic rings. The summed E-state index contributed by atoms with van der Waals surface area (Å²) in [6, 6.07) is 7.52. The Morgan fingerprint density at radius 3 is 2.33 bits per heavy atom. The van der Waals surface area contributed by atoms with Gasteiger partial charge in [-0.25, -0.2) is 8.42 Å². The first-order valence-electron chi connectivity index (χ1n) is 6.22. The Balaban J connectivity index is 1.92. The van der Waals surface area contributed by atoms with Gasteiger partial charge in [0.1, 0.15) is 15.6 Å². The lowest BCUT2D eigenvalue weighted by Gasteiger charge is -2.26. The Hall–Kier alpha value is -1.07. The molecule has 1 heterocycles. The lowest BCUT2D eigenvalue weighted by molar-refractivity contribution is 0.419. The fourth-order valence-electron chi connectivity index (χ4n) is 2.27. The molecule has 0 saturated carbocycles. The van der Waals surface area contributed by atoms with Crippen LogP contribution in [0.3, 0.4) is 0 Å². The third kappa shape index (κ3) is 3.46. The summed E-state index contributed by atoms with van der Waals surface area (Å²) in [7, 11) is -2.79. The average Bonchev–Trinajstić information content (AvgIpc) is 2.33. The molecular weight excluding hydrogens is 250 g/mol. The van der Waals surface area contributed by atoms with Crippen molar-refractivity contribution in [3.63, 3.8) is 0 Å². The van der Waals surface area contributed by atoms with Gasteiger partial charge in [-0.05, 0) is 37.5 Å². The Labute approximate surface area is 108 Å². The van der Waals surface area contributed by atoms with Gasteiger partial charge < -0.3 is 10.4 Å². The van der Waals surface area contributed by atoms with Gasteiger partial charge in [0.15, 0.2) is 0 Å². The molecule has 2 N–H and O–H groups in total. The standard InChI is InChI=1S/C13H19NO3S/c1-10(11-2-4-13(15)5-3-11)14-12-6-8-18(16,17)9-7-12/h2-5,10,12,14-15H,6-9H2,1H3. The largest absolute Gasteiger partial charge is 0.508 e. The molecule has 1 aliphatic rings. The van der Waals surface area contributed by atoms with Crippen LogP contribution in [0.1, 0.15) is 31.4 Å². The van der Waals surface area contributed by atoms with E-state index in [0.29, 0.717) is 12.8 Å². The van der Waals surface area contributed by atoms with Crippen molar-refractivity contribution in [1.29, 1.82) is 0 Å². The number of aromatic hydroxyl groups is 1. The number of benzene rings is 1. The fourth-order valence-corrected chi connectivity index (χ4v) is 3.76. The third-order valence-electron chi connectivity index (χ3n) is 3.43. The fraction of sp³-hybridized carbons (Fsp3) is 0.538. The van der Waals surface area contributed by atoms with Crippen LogP contribution in [0.15, 0.2) is 24.3 Å². The molecule has 5 heteroatoms. The van der Waals surface area contributed by atoms with Crippen LogP contribution < -0.4 is 5.32 Å². The summed E-state index contributed by atoms with van der Waals surface area (Å²) < 4.78 is 22.7. The van der Waals surface area contributed by atoms with Crippen molar-refractivity contribution in [2.24, 2.45) is 0 Å². The number of rotatable bonds is 3. The Kier molecular flexibility index (Phi) is 3.92. The molecule has 0 spiro atoms. The van der Waals surface area contributed by atoms with Crippen LogP contribution in [0.5, 0.6) is 5.75 Å². The van der Waals surface area contributed by atoms with Crippen LogP contribution in [0.25, 0.3) is 0 Å². The highest BCUT2D eigenvalue weighted by Gasteiger charge is 2.24. The molecule has 1 saturated heterocycles. The smallest absolute Gasteiger partial charge is 0.150 e. The summed E-state index contributed by atoms with van der Waals surface area (Å²) in [5.41, 5.74) is 1.10. The molecule has 1 unspecified atom stereocenters. The molecular formula is C13H19NO3S. The lowest BCUT2D eigenvalue weighted by Crippen LogP contribution is -2.38. The Morgan fingerprint density at radius 2 is 1.78 bits per heavy atom. The molecule has 100 valence electrons. The first-order valence-corrected chi connectivity index (χ1v) is 8.04. The van der Waals surface area contributed by atoms with E-state index in [-0.39, 0.29) is 29.3 Å². The van der Waals surface area contributed by atoms with E-state index in [9.17, 15) is 13.5 Å². The van der Waals surface area contributed by atoms with Crippen LogP contribution in [-0.2, 0) is 9.84 Å². The van der Waals surface area contributed by atoms with Crippen LogP contribution in [0, 0.1) is 0 Å². The van der Waals surface area contributed by atoms with E-state index in [4.69, 9.17) is 0 Å². The Morgan fingerprint density at radius 1 is 1.22 bits per heavy atom. The van der Waals surface area contributed by atoms with Gasteiger partial charge in [0.2, 0.25) is 0 Å². The lowest BCUT2D eigenvalue weighted by atomic mass is 10.1. The SMILES string of the molecule is CC(NC1CCS(=O)(=O)CC1)c1ccc(O)cc1. The predicted octanol–water partition coefficient (Wildman–Crippen LogP) is 1.62. The van der Waals surface area contributed by atoms with Crippen molar-refractivity contribution in [2.45, 2.75) is 31.8 Å². The first-order chi connectivity index (χ1) is 8.46. The minimum absolute atomic E-state index is 0.163. The zero-order valence-electron chi connectivity index (χ0n) is 10.5. The number of hydrogen-bond donors (Lipinski definition) is 2. The minimum atomic E-state index is -2.79. The van der Waals surface area contributed by atoms with Crippen molar-refractivity contribution in [3.05, 3.63) is 29.8 Å². The summed E-state index contributed by atoms with van der Waals surface area (Å²) in [4.78, 5) is 0. The van der Waals surface area contributed by atoms with Crippen LogP contribution in [-0.4, -0.2) is 31.1 Å². The van der Waals surface area contributed by atoms with Crippen LogP contribution >= 0.6 is 0 Å². The van der Waals surface area contributed by atoms with Crippen molar-refractivity contribution < 1.29 is 13.5 Å². The highest BCUT2D eigenvalue weighted by atomic mass is 32.2. The van der Waals surface area contributed by atoms with E-state index >= 15 is 0 Å². The maximum absolute atomic E-state index is 11.3. The van der Waals surface area contributed by atoms with Gasteiger partial charge in [0.25, 0.3) is 0 Å². The minimum Gasteiger partial charge on any atom is -0.508 e. The molecule has 0 aromatic heterocycles. The zero-order chi connectivity index (χ0) is 13.2. The van der Waals surface area contributed by atoms with Gasteiger partial charge in [-0.1, -0.05) is 12.1 Å². The van der Waals surface area contributed by atoms with E-state index < -0.39 is 9.84 Å². The van der Waals surface area contributed by atoms with E-state index in [1.54, 1.807) is 12.1 Å². The van der Waals surface area contributed by atoms with Gasteiger partial charge in [0.05, 0.1) is 11.5 Å². The molecule has 1 aromatic carbocycles. The third-order valence-corrected chi connectivity index (χ3v) is 5.15. The van der Waals surface area contributed by atoms with E-state index in [2.05, 4.69) is 12.2 Å². The summed E-state index contributed by atoms with van der Waals surface area (Å²) >= 11 is 0. The van der Waals surface area contributed by atoms with E-state index in [0.717, 1.165) is 5.56 Å². The highest BCUT2D eigenvalue weighted by molar-refractivity contribution is 7.91. The number of phenolic OH excluding ortho intramolecular Hbond substituents is 1. The predicted molar refractivity (Wildman–Crippen MR) is 71.3 cm³/mol. The molecule has 0 radical (unpaired) electrons. The average molecular weight is 269 g/mol. The molecule has 18 heavy (non-hydrogen) atoms. The summed E-state index contributed by atoms with van der Waals surface area (Å²) in [5.74, 6) is 0.828. The highest BCUT2D eigenvalue weighted by Crippen LogP contribution is 2.20. The summed E-state index contributed by atoms with van der Waals surface area (Å²) in [6.45, 7) is 2.05. The molecule has 0 aliphatic carbocycles. The topological polar surface area (TPSA) is 66.4 Å². The van der Waals surface area contributed by atoms with Gasteiger partial charge in [-0.2, -0.15) is 0 Å². The second kappa shape index (κ2) is 5.28.